The second-order valence-corrected chi connectivity index (χ2v) is 8.34. The number of benzene rings is 2. The second kappa shape index (κ2) is 6.40. The zero-order valence-corrected chi connectivity index (χ0v) is 16.8. The van der Waals surface area contributed by atoms with E-state index >= 15 is 0 Å². The number of aryl methyl sites for hydroxylation is 1. The van der Waals surface area contributed by atoms with E-state index in [1.807, 2.05) is 43.3 Å². The highest BCUT2D eigenvalue weighted by Gasteiger charge is 2.46. The zero-order valence-electron chi connectivity index (χ0n) is 16.8. The topological polar surface area (TPSA) is 73.6 Å². The molecular weight excluding hydrogens is 368 g/mol. The van der Waals surface area contributed by atoms with Crippen molar-refractivity contribution in [2.24, 2.45) is 0 Å². The Kier molecular flexibility index (Phi) is 4.05. The number of rotatable bonds is 4. The molecule has 2 fully saturated rings. The Bertz CT molecular complexity index is 1100. The SMILES string of the molecule is Cc1nc2c(O)c(C(=O)[C@@H]3OC(C)(C)O[C@H]3c3ccccc3)ccc2n1C1CC1. The summed E-state index contributed by atoms with van der Waals surface area (Å²) in [5, 5.41) is 10.9. The number of ether oxygens (including phenoxy) is 2. The van der Waals surface area contributed by atoms with E-state index in [0.29, 0.717) is 11.6 Å². The first-order valence-electron chi connectivity index (χ1n) is 10.0. The highest BCUT2D eigenvalue weighted by Crippen LogP contribution is 2.43. The van der Waals surface area contributed by atoms with Crippen LogP contribution >= 0.6 is 0 Å². The molecule has 0 radical (unpaired) electrons. The number of aromatic nitrogens is 2. The predicted molar refractivity (Wildman–Crippen MR) is 108 cm³/mol. The molecule has 1 aliphatic carbocycles. The molecule has 1 saturated carbocycles. The van der Waals surface area contributed by atoms with Crippen LogP contribution in [-0.4, -0.2) is 32.3 Å². The molecule has 1 saturated heterocycles. The standard InChI is InChI=1S/C23H24N2O4/c1-13-24-18-17(25(13)15-9-10-15)12-11-16(19(18)26)20(27)22-21(28-23(2,3)29-22)14-7-5-4-6-8-14/h4-8,11-12,15,21-22,26H,9-10H2,1-3H3/t21-,22-/m0/s1. The van der Waals surface area contributed by atoms with Crippen LogP contribution in [0.2, 0.25) is 0 Å². The van der Waals surface area contributed by atoms with Crippen molar-refractivity contribution in [1.29, 1.82) is 0 Å². The van der Waals surface area contributed by atoms with Crippen LogP contribution < -0.4 is 0 Å². The van der Waals surface area contributed by atoms with Crippen LogP contribution in [0.1, 0.15) is 60.6 Å². The summed E-state index contributed by atoms with van der Waals surface area (Å²) in [7, 11) is 0. The Labute approximate surface area is 169 Å². The normalized spacial score (nSPS) is 23.6. The molecule has 2 aliphatic rings. The summed E-state index contributed by atoms with van der Waals surface area (Å²) >= 11 is 0. The van der Waals surface area contributed by atoms with Gasteiger partial charge < -0.3 is 19.1 Å². The third-order valence-electron chi connectivity index (χ3n) is 5.67. The van der Waals surface area contributed by atoms with Gasteiger partial charge in [-0.3, -0.25) is 4.79 Å². The fourth-order valence-corrected chi connectivity index (χ4v) is 4.25. The lowest BCUT2D eigenvalue weighted by atomic mass is 9.96. The highest BCUT2D eigenvalue weighted by atomic mass is 16.8. The van der Waals surface area contributed by atoms with Crippen molar-refractivity contribution in [3.8, 4) is 5.75 Å². The van der Waals surface area contributed by atoms with Crippen molar-refractivity contribution in [3.05, 3.63) is 59.4 Å². The van der Waals surface area contributed by atoms with Gasteiger partial charge in [-0.15, -0.1) is 0 Å². The van der Waals surface area contributed by atoms with Crippen LogP contribution in [0.4, 0.5) is 0 Å². The molecule has 1 aromatic heterocycles. The van der Waals surface area contributed by atoms with E-state index in [1.165, 1.54) is 0 Å². The maximum atomic E-state index is 13.4. The molecule has 0 unspecified atom stereocenters. The van der Waals surface area contributed by atoms with E-state index in [4.69, 9.17) is 9.47 Å². The number of carbonyl (C=O) groups is 1. The fourth-order valence-electron chi connectivity index (χ4n) is 4.25. The van der Waals surface area contributed by atoms with Gasteiger partial charge in [0.2, 0.25) is 0 Å². The largest absolute Gasteiger partial charge is 0.505 e. The lowest BCUT2D eigenvalue weighted by Gasteiger charge is -2.17. The second-order valence-electron chi connectivity index (χ2n) is 8.34. The van der Waals surface area contributed by atoms with E-state index < -0.39 is 18.0 Å². The van der Waals surface area contributed by atoms with Crippen molar-refractivity contribution < 1.29 is 19.4 Å². The molecule has 1 N–H and O–H groups in total. The van der Waals surface area contributed by atoms with Crippen molar-refractivity contribution in [2.45, 2.75) is 57.6 Å². The molecule has 29 heavy (non-hydrogen) atoms. The van der Waals surface area contributed by atoms with Crippen LogP contribution in [0.5, 0.6) is 5.75 Å². The van der Waals surface area contributed by atoms with Gasteiger partial charge in [0.1, 0.15) is 17.4 Å². The average Bonchev–Trinajstić information content (AvgIpc) is 3.39. The number of phenolic OH excluding ortho intramolecular Hbond substituents is 1. The van der Waals surface area contributed by atoms with Crippen molar-refractivity contribution in [1.82, 2.24) is 9.55 Å². The molecule has 5 rings (SSSR count). The van der Waals surface area contributed by atoms with Crippen LogP contribution in [-0.2, 0) is 9.47 Å². The Morgan fingerprint density at radius 1 is 1.14 bits per heavy atom. The third kappa shape index (κ3) is 3.03. The molecule has 2 atom stereocenters. The number of Topliss-reactive ketones (excluding diaryl/α,β-unsaturated/α-hetero) is 1. The summed E-state index contributed by atoms with van der Waals surface area (Å²) in [5.41, 5.74) is 2.41. The first kappa shape index (κ1) is 18.3. The van der Waals surface area contributed by atoms with Crippen LogP contribution in [0.25, 0.3) is 11.0 Å². The minimum Gasteiger partial charge on any atom is -0.505 e. The molecule has 6 heteroatoms. The number of imidazole rings is 1. The van der Waals surface area contributed by atoms with Crippen molar-refractivity contribution >= 4 is 16.8 Å². The predicted octanol–water partition coefficient (Wildman–Crippen LogP) is 4.46. The first-order valence-corrected chi connectivity index (χ1v) is 10.0. The fraction of sp³-hybridized carbons (Fsp3) is 0.391. The van der Waals surface area contributed by atoms with Gasteiger partial charge in [0.25, 0.3) is 0 Å². The molecule has 0 bridgehead atoms. The summed E-state index contributed by atoms with van der Waals surface area (Å²) in [5.74, 6) is -0.436. The minimum absolute atomic E-state index is 0.0879. The van der Waals surface area contributed by atoms with Crippen LogP contribution in [0.15, 0.2) is 42.5 Å². The van der Waals surface area contributed by atoms with Crippen LogP contribution in [0, 0.1) is 6.92 Å². The van der Waals surface area contributed by atoms with Gasteiger partial charge in [-0.2, -0.15) is 0 Å². The Balaban J connectivity index is 1.55. The maximum absolute atomic E-state index is 13.4. The monoisotopic (exact) mass is 392 g/mol. The molecule has 2 heterocycles. The quantitative estimate of drug-likeness (QED) is 0.664. The van der Waals surface area contributed by atoms with Gasteiger partial charge in [0.15, 0.2) is 23.4 Å². The third-order valence-corrected chi connectivity index (χ3v) is 5.67. The van der Waals surface area contributed by atoms with Gasteiger partial charge in [-0.25, -0.2) is 4.98 Å². The number of nitrogens with zero attached hydrogens (tertiary/aromatic N) is 2. The van der Waals surface area contributed by atoms with E-state index in [2.05, 4.69) is 9.55 Å². The minimum atomic E-state index is -0.898. The van der Waals surface area contributed by atoms with E-state index in [0.717, 1.165) is 29.7 Å². The average molecular weight is 392 g/mol. The summed E-state index contributed by atoms with van der Waals surface area (Å²) < 4.78 is 14.2. The number of hydrogen-bond acceptors (Lipinski definition) is 5. The Hall–Kier alpha value is -2.70. The Morgan fingerprint density at radius 2 is 1.86 bits per heavy atom. The van der Waals surface area contributed by atoms with Gasteiger partial charge in [0.05, 0.1) is 11.1 Å². The summed E-state index contributed by atoms with van der Waals surface area (Å²) in [6.07, 6.45) is 0.853. The molecule has 3 aromatic rings. The number of ketones is 1. The smallest absolute Gasteiger partial charge is 0.198 e. The molecule has 2 aromatic carbocycles. The number of hydrogen-bond donors (Lipinski definition) is 1. The first-order chi connectivity index (χ1) is 13.9. The highest BCUT2D eigenvalue weighted by molar-refractivity contribution is 6.06. The number of fused-ring (bicyclic) bond motifs is 1. The summed E-state index contributed by atoms with van der Waals surface area (Å²) in [4.78, 5) is 18.0. The molecule has 150 valence electrons. The number of carbonyl (C=O) groups excluding carboxylic acids is 1. The van der Waals surface area contributed by atoms with Gasteiger partial charge in [0, 0.05) is 6.04 Å². The van der Waals surface area contributed by atoms with Gasteiger partial charge in [-0.05, 0) is 51.3 Å². The number of aromatic hydroxyl groups is 1. The molecule has 6 nitrogen and oxygen atoms in total. The summed E-state index contributed by atoms with van der Waals surface area (Å²) in [6.45, 7) is 5.51. The summed E-state index contributed by atoms with van der Waals surface area (Å²) in [6, 6.07) is 13.6. The van der Waals surface area contributed by atoms with Crippen LogP contribution in [0.3, 0.4) is 0 Å². The molecule has 0 spiro atoms. The van der Waals surface area contributed by atoms with Crippen molar-refractivity contribution in [3.63, 3.8) is 0 Å². The van der Waals surface area contributed by atoms with Gasteiger partial charge in [-0.1, -0.05) is 30.3 Å². The maximum Gasteiger partial charge on any atom is 0.198 e. The zero-order chi connectivity index (χ0) is 20.3. The Morgan fingerprint density at radius 3 is 2.55 bits per heavy atom. The molecular formula is C23H24N2O4. The van der Waals surface area contributed by atoms with E-state index in [1.54, 1.807) is 19.9 Å². The van der Waals surface area contributed by atoms with E-state index in [-0.39, 0.29) is 17.1 Å². The lowest BCUT2D eigenvalue weighted by molar-refractivity contribution is -0.143. The molecule has 0 amide bonds. The molecule has 1 aliphatic heterocycles. The lowest BCUT2D eigenvalue weighted by Crippen LogP contribution is -2.28. The van der Waals surface area contributed by atoms with Crippen molar-refractivity contribution in [2.75, 3.05) is 0 Å². The van der Waals surface area contributed by atoms with E-state index in [9.17, 15) is 9.90 Å². The number of phenols is 1. The van der Waals surface area contributed by atoms with Gasteiger partial charge >= 0.3 is 0 Å².